The molecule has 2 heterocycles. The normalized spacial score (nSPS) is 23.3. The summed E-state index contributed by atoms with van der Waals surface area (Å²) in [5.74, 6) is 0.0885. The molecule has 1 aromatic carbocycles. The fourth-order valence-electron chi connectivity index (χ4n) is 3.77. The number of hydrogen-bond donors (Lipinski definition) is 1. The molecule has 1 aromatic rings. The third kappa shape index (κ3) is 5.63. The molecule has 1 N–H and O–H groups in total. The van der Waals surface area contributed by atoms with Gasteiger partial charge in [-0.25, -0.2) is 4.79 Å². The van der Waals surface area contributed by atoms with E-state index in [9.17, 15) is 13.2 Å². The van der Waals surface area contributed by atoms with Gasteiger partial charge in [-0.2, -0.15) is 13.1 Å². The van der Waals surface area contributed by atoms with E-state index >= 15 is 0 Å². The largest absolute Gasteiger partial charge is 0.448 e. The Kier molecular flexibility index (Phi) is 6.73. The van der Waals surface area contributed by atoms with Crippen LogP contribution in [0.15, 0.2) is 18.2 Å². The monoisotopic (exact) mass is 436 g/mol. The van der Waals surface area contributed by atoms with Crippen molar-refractivity contribution in [3.8, 4) is 5.75 Å². The predicted octanol–water partition coefficient (Wildman–Crippen LogP) is 3.61. The molecule has 27 heavy (non-hydrogen) atoms. The van der Waals surface area contributed by atoms with Gasteiger partial charge in [0.2, 0.25) is 0 Å². The van der Waals surface area contributed by atoms with E-state index in [0.29, 0.717) is 11.1 Å². The number of rotatable bonds is 5. The van der Waals surface area contributed by atoms with Crippen molar-refractivity contribution in [2.75, 3.05) is 19.7 Å². The van der Waals surface area contributed by atoms with Gasteiger partial charge in [0.1, 0.15) is 0 Å². The van der Waals surface area contributed by atoms with E-state index in [0.717, 1.165) is 32.4 Å². The molecule has 2 aliphatic rings. The number of piperidine rings is 2. The second kappa shape index (κ2) is 8.86. The van der Waals surface area contributed by atoms with E-state index in [-0.39, 0.29) is 23.3 Å². The van der Waals surface area contributed by atoms with E-state index in [4.69, 9.17) is 32.1 Å². The first-order valence-corrected chi connectivity index (χ1v) is 11.1. The molecule has 10 heteroatoms. The summed E-state index contributed by atoms with van der Waals surface area (Å²) in [5.41, 5.74) is 0. The minimum Gasteiger partial charge on any atom is -0.448 e. The first-order chi connectivity index (χ1) is 12.8. The molecule has 2 fully saturated rings. The van der Waals surface area contributed by atoms with Crippen LogP contribution in [-0.2, 0) is 15.0 Å². The van der Waals surface area contributed by atoms with E-state index in [1.165, 1.54) is 31.0 Å². The van der Waals surface area contributed by atoms with Crippen LogP contribution in [0, 0.1) is 5.92 Å². The molecule has 0 spiro atoms. The van der Waals surface area contributed by atoms with Crippen molar-refractivity contribution in [2.24, 2.45) is 5.92 Å². The minimum atomic E-state index is -4.41. The van der Waals surface area contributed by atoms with Gasteiger partial charge in [-0.1, -0.05) is 29.6 Å². The first kappa shape index (κ1) is 20.5. The van der Waals surface area contributed by atoms with E-state index in [2.05, 4.69) is 4.90 Å². The van der Waals surface area contributed by atoms with Gasteiger partial charge in [0, 0.05) is 17.0 Å². The fraction of sp³-hybridized carbons (Fsp3) is 0.588. The van der Waals surface area contributed by atoms with Gasteiger partial charge < -0.3 is 8.92 Å². The lowest BCUT2D eigenvalue weighted by molar-refractivity contribution is 0.0244. The lowest BCUT2D eigenvalue weighted by Crippen LogP contribution is -2.49. The molecular formula is C17H22Cl2N2O5S. The van der Waals surface area contributed by atoms with E-state index < -0.39 is 16.4 Å². The Morgan fingerprint density at radius 3 is 2.74 bits per heavy atom. The van der Waals surface area contributed by atoms with Crippen molar-refractivity contribution < 1.29 is 22.1 Å². The third-order valence-electron chi connectivity index (χ3n) is 4.96. The Bertz CT molecular complexity index is 788. The lowest BCUT2D eigenvalue weighted by Gasteiger charge is -2.44. The summed E-state index contributed by atoms with van der Waals surface area (Å²) in [7, 11) is -4.41. The van der Waals surface area contributed by atoms with Gasteiger partial charge in [0.05, 0.1) is 11.6 Å². The topological polar surface area (TPSA) is 84.9 Å². The number of nitrogens with zero attached hydrogens (tertiary/aromatic N) is 1. The maximum Gasteiger partial charge on any atom is 0.423 e. The Labute approximate surface area is 169 Å². The van der Waals surface area contributed by atoms with Crippen LogP contribution in [0.2, 0.25) is 10.0 Å². The van der Waals surface area contributed by atoms with Crippen LogP contribution in [0.3, 0.4) is 0 Å². The molecule has 3 rings (SSSR count). The van der Waals surface area contributed by atoms with Crippen LogP contribution in [-0.4, -0.2) is 45.1 Å². The molecule has 0 bridgehead atoms. The number of amides is 1. The minimum absolute atomic E-state index is 0.0147. The predicted molar refractivity (Wildman–Crippen MR) is 102 cm³/mol. The number of ether oxygens (including phenoxy) is 1. The van der Waals surface area contributed by atoms with Gasteiger partial charge in [0.25, 0.3) is 0 Å². The zero-order valence-corrected chi connectivity index (χ0v) is 17.0. The summed E-state index contributed by atoms with van der Waals surface area (Å²) < 4.78 is 35.7. The number of fused-ring (bicyclic) bond motifs is 1. The first-order valence-electron chi connectivity index (χ1n) is 8.92. The standard InChI is InChI=1S/C17H22Cl2N2O5S/c18-13-6-7-16(14(19)10-13)26-27(23,24)20-17(22)25-11-12-4-3-9-21-8-2-1-5-15(12)21/h6-7,10,12,15H,1-5,8-9,11H2,(H,20,22)/t12-,15-/m0/s1. The smallest absolute Gasteiger partial charge is 0.423 e. The third-order valence-corrected chi connectivity index (χ3v) is 6.30. The number of carbonyl (C=O) groups excluding carboxylic acids is 1. The Balaban J connectivity index is 1.52. The zero-order chi connectivity index (χ0) is 19.4. The zero-order valence-electron chi connectivity index (χ0n) is 14.7. The highest BCUT2D eigenvalue weighted by Gasteiger charge is 2.34. The molecular weight excluding hydrogens is 415 g/mol. The van der Waals surface area contributed by atoms with E-state index in [1.54, 1.807) is 4.72 Å². The quantitative estimate of drug-likeness (QED) is 0.758. The highest BCUT2D eigenvalue weighted by atomic mass is 35.5. The lowest BCUT2D eigenvalue weighted by atomic mass is 9.84. The summed E-state index contributed by atoms with van der Waals surface area (Å²) in [6, 6.07) is 4.47. The number of carbonyl (C=O) groups is 1. The van der Waals surface area contributed by atoms with Crippen molar-refractivity contribution >= 4 is 39.6 Å². The summed E-state index contributed by atoms with van der Waals surface area (Å²) in [6.45, 7) is 2.35. The molecule has 2 atom stereocenters. The van der Waals surface area contributed by atoms with Crippen molar-refractivity contribution in [2.45, 2.75) is 38.1 Å². The number of halogens is 2. The second-order valence-corrected chi connectivity index (χ2v) is 8.94. The average Bonchev–Trinajstić information content (AvgIpc) is 2.62. The number of nitrogens with one attached hydrogen (secondary N) is 1. The van der Waals surface area contributed by atoms with Crippen molar-refractivity contribution in [1.29, 1.82) is 0 Å². The SMILES string of the molecule is O=C(NS(=O)(=O)Oc1ccc(Cl)cc1Cl)OC[C@@H]1CCCN2CCCC[C@@H]12. The van der Waals surface area contributed by atoms with Gasteiger partial charge in [-0.05, 0) is 57.0 Å². The molecule has 0 radical (unpaired) electrons. The number of hydrogen-bond acceptors (Lipinski definition) is 6. The number of benzene rings is 1. The van der Waals surface area contributed by atoms with Gasteiger partial charge >= 0.3 is 16.4 Å². The molecule has 2 saturated heterocycles. The fourth-order valence-corrected chi connectivity index (χ4v) is 4.95. The second-order valence-electron chi connectivity index (χ2n) is 6.81. The van der Waals surface area contributed by atoms with Crippen LogP contribution in [0.25, 0.3) is 0 Å². The Hall–Kier alpha value is -1.22. The summed E-state index contributed by atoms with van der Waals surface area (Å²) in [4.78, 5) is 14.4. The van der Waals surface area contributed by atoms with Crippen LogP contribution < -0.4 is 8.91 Å². The Morgan fingerprint density at radius 1 is 1.19 bits per heavy atom. The molecule has 150 valence electrons. The highest BCUT2D eigenvalue weighted by Crippen LogP contribution is 2.31. The maximum absolute atomic E-state index is 12.0. The maximum atomic E-state index is 12.0. The van der Waals surface area contributed by atoms with Crippen molar-refractivity contribution in [1.82, 2.24) is 9.62 Å². The van der Waals surface area contributed by atoms with Gasteiger partial charge in [-0.3, -0.25) is 4.90 Å². The molecule has 0 saturated carbocycles. The Morgan fingerprint density at radius 2 is 1.96 bits per heavy atom. The summed E-state index contributed by atoms with van der Waals surface area (Å²) in [6.07, 6.45) is 4.43. The molecule has 7 nitrogen and oxygen atoms in total. The molecule has 0 aromatic heterocycles. The molecule has 2 aliphatic heterocycles. The summed E-state index contributed by atoms with van der Waals surface area (Å²) >= 11 is 11.6. The van der Waals surface area contributed by atoms with Crippen molar-refractivity contribution in [3.05, 3.63) is 28.2 Å². The highest BCUT2D eigenvalue weighted by molar-refractivity contribution is 7.85. The van der Waals surface area contributed by atoms with Gasteiger partial charge in [-0.15, -0.1) is 0 Å². The van der Waals surface area contributed by atoms with Crippen LogP contribution >= 0.6 is 23.2 Å². The molecule has 0 aliphatic carbocycles. The van der Waals surface area contributed by atoms with Crippen LogP contribution in [0.4, 0.5) is 4.79 Å². The molecule has 0 unspecified atom stereocenters. The molecule has 1 amide bonds. The van der Waals surface area contributed by atoms with Crippen LogP contribution in [0.5, 0.6) is 5.75 Å². The average molecular weight is 437 g/mol. The van der Waals surface area contributed by atoms with E-state index in [1.807, 2.05) is 0 Å². The van der Waals surface area contributed by atoms with Crippen molar-refractivity contribution in [3.63, 3.8) is 0 Å². The summed E-state index contributed by atoms with van der Waals surface area (Å²) in [5, 5.41) is 0.349. The van der Waals surface area contributed by atoms with Crippen LogP contribution in [0.1, 0.15) is 32.1 Å². The van der Waals surface area contributed by atoms with Gasteiger partial charge in [0.15, 0.2) is 5.75 Å².